The van der Waals surface area contributed by atoms with Crippen molar-refractivity contribution in [3.05, 3.63) is 23.5 Å². The maximum atomic E-state index is 11.3. The molecule has 4 heteroatoms. The predicted molar refractivity (Wildman–Crippen MR) is 48.5 cm³/mol. The van der Waals surface area contributed by atoms with Crippen LogP contribution in [-0.2, 0) is 19.1 Å². The Morgan fingerprint density at radius 1 is 1.29 bits per heavy atom. The summed E-state index contributed by atoms with van der Waals surface area (Å²) in [5, 5.41) is 0. The summed E-state index contributed by atoms with van der Waals surface area (Å²) < 4.78 is 4.98. The molecule has 0 bridgehead atoms. The quantitative estimate of drug-likeness (QED) is 0.487. The molecule has 1 aliphatic rings. The second-order valence-corrected chi connectivity index (χ2v) is 2.76. The van der Waals surface area contributed by atoms with Crippen LogP contribution in [0.15, 0.2) is 23.5 Å². The first-order valence-corrected chi connectivity index (χ1v) is 4.22. The van der Waals surface area contributed by atoms with Gasteiger partial charge in [-0.25, -0.2) is 0 Å². The lowest BCUT2D eigenvalue weighted by Gasteiger charge is -2.12. The van der Waals surface area contributed by atoms with Crippen molar-refractivity contribution in [2.24, 2.45) is 0 Å². The molecule has 0 saturated heterocycles. The molecule has 0 heterocycles. The van der Waals surface area contributed by atoms with Crippen LogP contribution < -0.4 is 0 Å². The highest BCUT2D eigenvalue weighted by Gasteiger charge is 2.26. The first kappa shape index (κ1) is 10.4. The van der Waals surface area contributed by atoms with E-state index in [-0.39, 0.29) is 17.9 Å². The highest BCUT2D eigenvalue weighted by Crippen LogP contribution is 2.16. The van der Waals surface area contributed by atoms with Crippen LogP contribution in [-0.4, -0.2) is 24.0 Å². The summed E-state index contributed by atoms with van der Waals surface area (Å²) in [6, 6.07) is 0. The molecule has 0 unspecified atom stereocenters. The van der Waals surface area contributed by atoms with E-state index >= 15 is 0 Å². The molecule has 1 rings (SSSR count). The fraction of sp³-hybridized carbons (Fsp3) is 0.300. The predicted octanol–water partition coefficient (Wildman–Crippen LogP) is 0.574. The Morgan fingerprint density at radius 2 is 1.86 bits per heavy atom. The van der Waals surface area contributed by atoms with Gasteiger partial charge in [0.2, 0.25) is 5.78 Å². The van der Waals surface area contributed by atoms with Crippen molar-refractivity contribution in [2.75, 3.05) is 6.61 Å². The molecule has 14 heavy (non-hydrogen) atoms. The van der Waals surface area contributed by atoms with Crippen molar-refractivity contribution in [3.63, 3.8) is 0 Å². The molecule has 0 amide bonds. The third-order valence-electron chi connectivity index (χ3n) is 1.72. The van der Waals surface area contributed by atoms with Crippen LogP contribution in [0.4, 0.5) is 0 Å². The molecule has 1 aliphatic carbocycles. The second-order valence-electron chi connectivity index (χ2n) is 2.76. The molecule has 0 atom stereocenters. The van der Waals surface area contributed by atoms with Crippen molar-refractivity contribution in [1.29, 1.82) is 0 Å². The molecular formula is C10H10O4. The summed E-state index contributed by atoms with van der Waals surface area (Å²) in [5.41, 5.74) is -0.153. The number of ether oxygens (including phenoxy) is 1. The molecule has 0 saturated carbocycles. The van der Waals surface area contributed by atoms with Gasteiger partial charge in [0.25, 0.3) is 0 Å². The number of hydrogen-bond acceptors (Lipinski definition) is 4. The van der Waals surface area contributed by atoms with Gasteiger partial charge in [0.05, 0.1) is 6.61 Å². The van der Waals surface area contributed by atoms with E-state index in [1.54, 1.807) is 6.92 Å². The topological polar surface area (TPSA) is 60.4 Å². The van der Waals surface area contributed by atoms with Crippen LogP contribution in [0, 0.1) is 0 Å². The fourth-order valence-corrected chi connectivity index (χ4v) is 1.17. The highest BCUT2D eigenvalue weighted by atomic mass is 16.5. The van der Waals surface area contributed by atoms with Crippen molar-refractivity contribution < 1.29 is 19.1 Å². The molecule has 0 spiro atoms. The van der Waals surface area contributed by atoms with Crippen molar-refractivity contribution in [3.8, 4) is 0 Å². The van der Waals surface area contributed by atoms with E-state index in [2.05, 4.69) is 0 Å². The lowest BCUT2D eigenvalue weighted by molar-refractivity contribution is -0.122. The number of hydrogen-bond donors (Lipinski definition) is 0. The van der Waals surface area contributed by atoms with Crippen LogP contribution >= 0.6 is 0 Å². The van der Waals surface area contributed by atoms with E-state index in [1.165, 1.54) is 6.92 Å². The van der Waals surface area contributed by atoms with Gasteiger partial charge in [-0.2, -0.15) is 0 Å². The van der Waals surface area contributed by atoms with E-state index in [0.717, 1.165) is 12.2 Å². The lowest BCUT2D eigenvalue weighted by atomic mass is 9.99. The van der Waals surface area contributed by atoms with Crippen LogP contribution in [0.25, 0.3) is 0 Å². The number of carbonyl (C=O) groups excluding carboxylic acids is 3. The molecule has 0 radical (unpaired) electrons. The second kappa shape index (κ2) is 4.00. The van der Waals surface area contributed by atoms with Crippen LogP contribution in [0.1, 0.15) is 13.8 Å². The van der Waals surface area contributed by atoms with E-state index in [9.17, 15) is 14.4 Å². The molecule has 0 aromatic heterocycles. The van der Waals surface area contributed by atoms with E-state index in [1.807, 2.05) is 0 Å². The minimum atomic E-state index is -0.472. The summed E-state index contributed by atoms with van der Waals surface area (Å²) in [6.07, 6.45) is 2.20. The standard InChI is InChI=1S/C10H10O4/c1-3-14-10-8(13)5-4-7(12)9(10)6(2)11/h4-5H,3H2,1-2H3. The molecule has 74 valence electrons. The Kier molecular flexibility index (Phi) is 2.96. The number of ketones is 3. The maximum absolute atomic E-state index is 11.3. The summed E-state index contributed by atoms with van der Waals surface area (Å²) in [5.74, 6) is -1.49. The minimum Gasteiger partial charge on any atom is -0.489 e. The van der Waals surface area contributed by atoms with Crippen LogP contribution in [0.2, 0.25) is 0 Å². The summed E-state index contributed by atoms with van der Waals surface area (Å²) in [6.45, 7) is 3.17. The van der Waals surface area contributed by atoms with Gasteiger partial charge in [0, 0.05) is 0 Å². The average molecular weight is 194 g/mol. The SMILES string of the molecule is CCOC1=C(C(C)=O)C(=O)C=CC1=O. The minimum absolute atomic E-state index is 0.132. The van der Waals surface area contributed by atoms with E-state index in [4.69, 9.17) is 4.74 Å². The third kappa shape index (κ3) is 1.79. The third-order valence-corrected chi connectivity index (χ3v) is 1.72. The van der Waals surface area contributed by atoms with E-state index in [0.29, 0.717) is 0 Å². The summed E-state index contributed by atoms with van der Waals surface area (Å²) >= 11 is 0. The van der Waals surface area contributed by atoms with Crippen molar-refractivity contribution >= 4 is 17.3 Å². The van der Waals surface area contributed by atoms with Crippen LogP contribution in [0.3, 0.4) is 0 Å². The fourth-order valence-electron chi connectivity index (χ4n) is 1.17. The number of allylic oxidation sites excluding steroid dienone is 3. The van der Waals surface area contributed by atoms with Gasteiger partial charge in [-0.05, 0) is 26.0 Å². The van der Waals surface area contributed by atoms with Gasteiger partial charge in [-0.3, -0.25) is 14.4 Å². The molecular weight excluding hydrogens is 184 g/mol. The zero-order valence-corrected chi connectivity index (χ0v) is 7.99. The van der Waals surface area contributed by atoms with Gasteiger partial charge >= 0.3 is 0 Å². The Labute approximate surface area is 81.2 Å². The lowest BCUT2D eigenvalue weighted by Crippen LogP contribution is -2.21. The first-order valence-electron chi connectivity index (χ1n) is 4.22. The Balaban J connectivity index is 3.19. The zero-order chi connectivity index (χ0) is 10.7. The van der Waals surface area contributed by atoms with E-state index < -0.39 is 17.3 Å². The molecule has 0 fully saturated rings. The first-order chi connectivity index (χ1) is 6.57. The highest BCUT2D eigenvalue weighted by molar-refractivity contribution is 6.31. The van der Waals surface area contributed by atoms with Gasteiger partial charge in [-0.15, -0.1) is 0 Å². The van der Waals surface area contributed by atoms with Crippen LogP contribution in [0.5, 0.6) is 0 Å². The molecule has 0 aromatic carbocycles. The molecule has 0 N–H and O–H groups in total. The monoisotopic (exact) mass is 194 g/mol. The van der Waals surface area contributed by atoms with Crippen molar-refractivity contribution in [2.45, 2.75) is 13.8 Å². The van der Waals surface area contributed by atoms with Gasteiger partial charge in [-0.1, -0.05) is 0 Å². The number of carbonyl (C=O) groups is 3. The van der Waals surface area contributed by atoms with Crippen molar-refractivity contribution in [1.82, 2.24) is 0 Å². The molecule has 0 aliphatic heterocycles. The normalized spacial score (nSPS) is 16.1. The zero-order valence-electron chi connectivity index (χ0n) is 7.99. The van der Waals surface area contributed by atoms with Gasteiger partial charge in [0.15, 0.2) is 17.3 Å². The maximum Gasteiger partial charge on any atom is 0.221 e. The summed E-state index contributed by atoms with van der Waals surface area (Å²) in [4.78, 5) is 33.6. The Morgan fingerprint density at radius 3 is 2.36 bits per heavy atom. The molecule has 4 nitrogen and oxygen atoms in total. The number of rotatable bonds is 3. The Bertz CT molecular complexity index is 360. The summed E-state index contributed by atoms with van der Waals surface area (Å²) in [7, 11) is 0. The average Bonchev–Trinajstić information content (AvgIpc) is 2.11. The van der Waals surface area contributed by atoms with Gasteiger partial charge < -0.3 is 4.74 Å². The number of Topliss-reactive ketones (excluding diaryl/α,β-unsaturated/α-hetero) is 1. The van der Waals surface area contributed by atoms with Gasteiger partial charge in [0.1, 0.15) is 5.57 Å². The Hall–Kier alpha value is -1.71. The largest absolute Gasteiger partial charge is 0.489 e. The molecule has 0 aromatic rings. The smallest absolute Gasteiger partial charge is 0.221 e.